The molecule has 4 aromatic carbocycles. The number of benzene rings is 4. The molecule has 3 aliphatic rings. The molecule has 0 bridgehead atoms. The fourth-order valence-electron chi connectivity index (χ4n) is 6.76. The molecule has 0 spiro atoms. The van der Waals surface area contributed by atoms with Crippen LogP contribution in [0.15, 0.2) is 136 Å². The van der Waals surface area contributed by atoms with Crippen molar-refractivity contribution in [3.63, 3.8) is 0 Å². The number of nitrogens with one attached hydrogen (secondary N) is 1. The fraction of sp³-hybridized carbons (Fsp3) is 0.158. The van der Waals surface area contributed by atoms with E-state index in [0.29, 0.717) is 5.96 Å². The second-order valence-corrected chi connectivity index (χ2v) is 13.2. The zero-order valence-corrected chi connectivity index (χ0v) is 25.3. The van der Waals surface area contributed by atoms with Gasteiger partial charge in [0.1, 0.15) is 12.0 Å². The normalized spacial score (nSPS) is 22.1. The average molecular weight is 577 g/mol. The third-order valence-corrected chi connectivity index (χ3v) is 10.5. The molecule has 4 nitrogen and oxygen atoms in total. The number of thioether (sulfide) groups is 1. The molecular weight excluding hydrogens is 545 g/mol. The van der Waals surface area contributed by atoms with Crippen LogP contribution < -0.4 is 5.32 Å². The molecule has 0 fully saturated rings. The summed E-state index contributed by atoms with van der Waals surface area (Å²) in [6.07, 6.45) is 8.88. The van der Waals surface area contributed by atoms with Gasteiger partial charge in [0, 0.05) is 38.1 Å². The monoisotopic (exact) mass is 576 g/mol. The number of hydrogen-bond acceptors (Lipinski definition) is 4. The number of nitrogens with zero attached hydrogens (tertiary/aromatic N) is 3. The molecule has 0 saturated carbocycles. The van der Waals surface area contributed by atoms with Crippen LogP contribution in [0, 0.1) is 13.8 Å². The maximum Gasteiger partial charge on any atom is 0.233 e. The minimum atomic E-state index is -0.258. The minimum absolute atomic E-state index is 0.124. The van der Waals surface area contributed by atoms with Gasteiger partial charge in [-0.15, -0.1) is 11.8 Å². The van der Waals surface area contributed by atoms with Crippen LogP contribution in [0.2, 0.25) is 0 Å². The van der Waals surface area contributed by atoms with E-state index in [4.69, 9.17) is 9.98 Å². The first-order chi connectivity index (χ1) is 21.0. The number of aliphatic imine (C=N–C) groups is 2. The topological polar surface area (TPSA) is 41.7 Å². The van der Waals surface area contributed by atoms with E-state index in [2.05, 4.69) is 140 Å². The van der Waals surface area contributed by atoms with Crippen molar-refractivity contribution in [3.8, 4) is 11.1 Å². The second-order valence-electron chi connectivity index (χ2n) is 11.7. The number of fused-ring (bicyclic) bond motifs is 7. The molecule has 210 valence electrons. The van der Waals surface area contributed by atoms with Crippen LogP contribution in [0.5, 0.6) is 0 Å². The SMILES string of the molecule is Cc1c2c(n(C3=NC(c4ccccc4)NC(c4ccccc4)=N3)c1C)C1C=CC=CC1(C)Sc1c-2ccc2ccccc12. The van der Waals surface area contributed by atoms with Crippen LogP contribution in [0.4, 0.5) is 0 Å². The molecule has 5 aromatic rings. The first kappa shape index (κ1) is 26.1. The highest BCUT2D eigenvalue weighted by Crippen LogP contribution is 2.57. The Balaban J connectivity index is 1.42. The van der Waals surface area contributed by atoms with Gasteiger partial charge in [-0.3, -0.25) is 4.57 Å². The third kappa shape index (κ3) is 4.14. The minimum Gasteiger partial charge on any atom is -0.344 e. The first-order valence-corrected chi connectivity index (χ1v) is 15.7. The summed E-state index contributed by atoms with van der Waals surface area (Å²) in [5.41, 5.74) is 8.43. The Morgan fingerprint density at radius 2 is 1.58 bits per heavy atom. The summed E-state index contributed by atoms with van der Waals surface area (Å²) in [5.74, 6) is 1.67. The van der Waals surface area contributed by atoms with Crippen LogP contribution >= 0.6 is 11.8 Å². The quantitative estimate of drug-likeness (QED) is 0.228. The van der Waals surface area contributed by atoms with Crippen LogP contribution in [0.25, 0.3) is 21.9 Å². The summed E-state index contributed by atoms with van der Waals surface area (Å²) in [4.78, 5) is 11.9. The summed E-state index contributed by atoms with van der Waals surface area (Å²) < 4.78 is 2.16. The van der Waals surface area contributed by atoms with Crippen molar-refractivity contribution in [3.05, 3.63) is 149 Å². The van der Waals surface area contributed by atoms with Gasteiger partial charge in [0.2, 0.25) is 5.96 Å². The highest BCUT2D eigenvalue weighted by Gasteiger charge is 2.43. The van der Waals surface area contributed by atoms with Crippen molar-refractivity contribution in [2.75, 3.05) is 0 Å². The molecule has 8 rings (SSSR count). The molecule has 43 heavy (non-hydrogen) atoms. The van der Waals surface area contributed by atoms with Gasteiger partial charge in [0.15, 0.2) is 0 Å². The van der Waals surface area contributed by atoms with E-state index in [1.54, 1.807) is 0 Å². The first-order valence-electron chi connectivity index (χ1n) is 14.8. The Morgan fingerprint density at radius 3 is 2.40 bits per heavy atom. The highest BCUT2D eigenvalue weighted by atomic mass is 32.2. The van der Waals surface area contributed by atoms with Gasteiger partial charge in [0.25, 0.3) is 0 Å². The van der Waals surface area contributed by atoms with Crippen molar-refractivity contribution in [1.29, 1.82) is 0 Å². The second kappa shape index (κ2) is 9.99. The van der Waals surface area contributed by atoms with Crippen molar-refractivity contribution >= 4 is 34.3 Å². The van der Waals surface area contributed by atoms with Crippen molar-refractivity contribution in [2.24, 2.45) is 9.98 Å². The third-order valence-electron chi connectivity index (χ3n) is 9.07. The molecule has 2 aliphatic heterocycles. The molecule has 3 unspecified atom stereocenters. The summed E-state index contributed by atoms with van der Waals surface area (Å²) in [7, 11) is 0. The Labute approximate surface area is 256 Å². The predicted molar refractivity (Wildman–Crippen MR) is 180 cm³/mol. The lowest BCUT2D eigenvalue weighted by Gasteiger charge is -2.35. The maximum absolute atomic E-state index is 5.31. The fourth-order valence-corrected chi connectivity index (χ4v) is 8.23. The number of amidine groups is 1. The van der Waals surface area contributed by atoms with E-state index in [1.807, 2.05) is 23.9 Å². The van der Waals surface area contributed by atoms with Gasteiger partial charge in [-0.25, -0.2) is 4.99 Å². The molecule has 1 aromatic heterocycles. The summed E-state index contributed by atoms with van der Waals surface area (Å²) in [6.45, 7) is 6.86. The lowest BCUT2D eigenvalue weighted by Crippen LogP contribution is -2.36. The smallest absolute Gasteiger partial charge is 0.233 e. The largest absolute Gasteiger partial charge is 0.344 e. The van der Waals surface area contributed by atoms with Crippen LogP contribution in [-0.2, 0) is 0 Å². The zero-order chi connectivity index (χ0) is 29.1. The van der Waals surface area contributed by atoms with Crippen molar-refractivity contribution < 1.29 is 0 Å². The predicted octanol–water partition coefficient (Wildman–Crippen LogP) is 8.95. The lowest BCUT2D eigenvalue weighted by atomic mass is 9.83. The van der Waals surface area contributed by atoms with Crippen LogP contribution in [-0.4, -0.2) is 21.1 Å². The Morgan fingerprint density at radius 1 is 0.837 bits per heavy atom. The van der Waals surface area contributed by atoms with Crippen molar-refractivity contribution in [2.45, 2.75) is 42.5 Å². The van der Waals surface area contributed by atoms with Gasteiger partial charge >= 0.3 is 0 Å². The standard InChI is InChI=1S/C38H32N4S/c1-24-25(2)42(37-40-35(27-15-6-4-7-16-27)39-36(41-37)28-17-8-5-9-18-28)33-31-20-12-13-23-38(31,3)43-34-29-19-11-10-14-26(29)21-22-30(34)32(24)33/h4-23,31,35H,1-3H3,(H,39,40,41). The van der Waals surface area contributed by atoms with E-state index in [9.17, 15) is 0 Å². The maximum atomic E-state index is 5.31. The van der Waals surface area contributed by atoms with Gasteiger partial charge in [-0.2, -0.15) is 4.99 Å². The summed E-state index contributed by atoms with van der Waals surface area (Å²) in [5, 5.41) is 6.20. The van der Waals surface area contributed by atoms with E-state index in [1.165, 1.54) is 43.7 Å². The van der Waals surface area contributed by atoms with Crippen molar-refractivity contribution in [1.82, 2.24) is 9.88 Å². The highest BCUT2D eigenvalue weighted by molar-refractivity contribution is 8.01. The Hall–Kier alpha value is -4.61. The Kier molecular flexibility index (Phi) is 6.05. The zero-order valence-electron chi connectivity index (χ0n) is 24.5. The number of allylic oxidation sites excluding steroid dienone is 3. The molecule has 3 heterocycles. The summed E-state index contributed by atoms with van der Waals surface area (Å²) >= 11 is 1.98. The Bertz CT molecular complexity index is 2020. The van der Waals surface area contributed by atoms with Gasteiger partial charge < -0.3 is 5.32 Å². The van der Waals surface area contributed by atoms with Gasteiger partial charge in [-0.1, -0.05) is 121 Å². The van der Waals surface area contributed by atoms with Crippen LogP contribution in [0.3, 0.4) is 0 Å². The van der Waals surface area contributed by atoms with Gasteiger partial charge in [0.05, 0.1) is 0 Å². The molecule has 0 saturated heterocycles. The molecule has 0 amide bonds. The molecule has 5 heteroatoms. The average Bonchev–Trinajstić information content (AvgIpc) is 3.23. The molecule has 3 atom stereocenters. The molecule has 1 aliphatic carbocycles. The lowest BCUT2D eigenvalue weighted by molar-refractivity contribution is 0.644. The number of hydrogen-bond donors (Lipinski definition) is 1. The van der Waals surface area contributed by atoms with E-state index >= 15 is 0 Å². The van der Waals surface area contributed by atoms with E-state index in [-0.39, 0.29) is 16.8 Å². The van der Waals surface area contributed by atoms with Crippen LogP contribution in [0.1, 0.15) is 47.1 Å². The number of rotatable bonds is 2. The molecule has 0 radical (unpaired) electrons. The molecule has 1 N–H and O–H groups in total. The van der Waals surface area contributed by atoms with E-state index < -0.39 is 0 Å². The number of aromatic nitrogens is 1. The van der Waals surface area contributed by atoms with Gasteiger partial charge in [-0.05, 0) is 48.2 Å². The molecular formula is C38H32N4S. The van der Waals surface area contributed by atoms with E-state index in [0.717, 1.165) is 17.0 Å². The summed E-state index contributed by atoms with van der Waals surface area (Å²) in [6, 6.07) is 34.2.